The van der Waals surface area contributed by atoms with E-state index >= 15 is 0 Å². The lowest BCUT2D eigenvalue weighted by molar-refractivity contribution is -0.139. The van der Waals surface area contributed by atoms with Crippen molar-refractivity contribution >= 4 is 17.6 Å². The van der Waals surface area contributed by atoms with E-state index in [0.717, 1.165) is 35.1 Å². The molecule has 0 unspecified atom stereocenters. The fourth-order valence-electron chi connectivity index (χ4n) is 5.50. The number of aryl methyl sites for hydroxylation is 1. The van der Waals surface area contributed by atoms with E-state index in [1.807, 2.05) is 31.2 Å². The van der Waals surface area contributed by atoms with Gasteiger partial charge in [-0.25, -0.2) is 4.79 Å². The number of benzene rings is 3. The minimum absolute atomic E-state index is 0.0264. The van der Waals surface area contributed by atoms with Crippen LogP contribution in [0.4, 0.5) is 0 Å². The second-order valence-corrected chi connectivity index (χ2v) is 11.2. The molecule has 3 aromatic rings. The lowest BCUT2D eigenvalue weighted by atomic mass is 9.73. The Labute approximate surface area is 231 Å². The minimum Gasteiger partial charge on any atom is -0.482 e. The topological polar surface area (TPSA) is 55.8 Å². The molecule has 3 aromatic carbocycles. The number of carboxylic acid groups (broad SMARTS) is 1. The molecule has 1 fully saturated rings. The summed E-state index contributed by atoms with van der Waals surface area (Å²) in [5.74, 6) is 0.0202. The Morgan fingerprint density at radius 2 is 1.82 bits per heavy atom. The van der Waals surface area contributed by atoms with Gasteiger partial charge in [0, 0.05) is 22.4 Å². The summed E-state index contributed by atoms with van der Waals surface area (Å²) in [6.07, 6.45) is 1.19. The van der Waals surface area contributed by atoms with E-state index in [9.17, 15) is 9.90 Å². The third-order valence-corrected chi connectivity index (χ3v) is 7.78. The first kappa shape index (κ1) is 27.9. The van der Waals surface area contributed by atoms with Gasteiger partial charge in [-0.05, 0) is 73.1 Å². The lowest BCUT2D eigenvalue weighted by Gasteiger charge is -2.43. The Morgan fingerprint density at radius 3 is 2.42 bits per heavy atom. The van der Waals surface area contributed by atoms with Crippen molar-refractivity contribution < 1.29 is 19.4 Å². The maximum Gasteiger partial charge on any atom is 0.341 e. The lowest BCUT2D eigenvalue weighted by Crippen LogP contribution is -2.38. The molecule has 1 aliphatic heterocycles. The molecule has 0 aliphatic carbocycles. The highest BCUT2D eigenvalue weighted by Crippen LogP contribution is 2.50. The molecule has 1 heterocycles. The molecule has 0 bridgehead atoms. The molecule has 4 rings (SSSR count). The fraction of sp³-hybridized carbons (Fsp3) is 0.364. The molecule has 38 heavy (non-hydrogen) atoms. The molecule has 0 saturated carbocycles. The van der Waals surface area contributed by atoms with Crippen LogP contribution in [0.1, 0.15) is 72.9 Å². The molecule has 1 N–H and O–H groups in total. The molecule has 1 saturated heterocycles. The second-order valence-electron chi connectivity index (χ2n) is 10.7. The quantitative estimate of drug-likeness (QED) is 0.282. The summed E-state index contributed by atoms with van der Waals surface area (Å²) >= 11 is 6.22. The predicted octanol–water partition coefficient (Wildman–Crippen LogP) is 8.28. The van der Waals surface area contributed by atoms with Crippen molar-refractivity contribution in [3.63, 3.8) is 0 Å². The first-order chi connectivity index (χ1) is 18.1. The van der Waals surface area contributed by atoms with E-state index in [1.54, 1.807) is 0 Å². The molecule has 5 heteroatoms. The normalized spacial score (nSPS) is 21.3. The molecular formula is C33H37ClO4. The summed E-state index contributed by atoms with van der Waals surface area (Å²) in [4.78, 5) is 11.4. The van der Waals surface area contributed by atoms with Crippen LogP contribution in [-0.2, 0) is 16.0 Å². The molecule has 0 aromatic heterocycles. The van der Waals surface area contributed by atoms with Crippen LogP contribution < -0.4 is 4.74 Å². The van der Waals surface area contributed by atoms with Crippen LogP contribution in [0.3, 0.4) is 0 Å². The van der Waals surface area contributed by atoms with Gasteiger partial charge in [-0.3, -0.25) is 0 Å². The monoisotopic (exact) mass is 532 g/mol. The highest BCUT2D eigenvalue weighted by Gasteiger charge is 2.41. The molecule has 0 spiro atoms. The van der Waals surface area contributed by atoms with Gasteiger partial charge >= 0.3 is 5.97 Å². The van der Waals surface area contributed by atoms with Crippen LogP contribution in [0, 0.1) is 12.8 Å². The molecule has 4 atom stereocenters. The Hall–Kier alpha value is -3.08. The zero-order valence-electron chi connectivity index (χ0n) is 22.6. The van der Waals surface area contributed by atoms with Crippen molar-refractivity contribution in [2.75, 3.05) is 6.61 Å². The summed E-state index contributed by atoms with van der Waals surface area (Å²) in [5.41, 5.74) is 6.48. The van der Waals surface area contributed by atoms with Crippen LogP contribution in [-0.4, -0.2) is 23.8 Å². The average molecular weight is 533 g/mol. The first-order valence-electron chi connectivity index (χ1n) is 13.2. The van der Waals surface area contributed by atoms with Gasteiger partial charge in [0.15, 0.2) is 6.61 Å². The third kappa shape index (κ3) is 6.48. The smallest absolute Gasteiger partial charge is 0.341 e. The number of hydrogen-bond donors (Lipinski definition) is 1. The molecular weight excluding hydrogens is 496 g/mol. The minimum atomic E-state index is -1.01. The van der Waals surface area contributed by atoms with Gasteiger partial charge in [0.2, 0.25) is 0 Å². The van der Waals surface area contributed by atoms with Crippen molar-refractivity contribution in [2.24, 2.45) is 5.92 Å². The highest BCUT2D eigenvalue weighted by atomic mass is 35.5. The predicted molar refractivity (Wildman–Crippen MR) is 153 cm³/mol. The van der Waals surface area contributed by atoms with Crippen LogP contribution in [0.25, 0.3) is 0 Å². The van der Waals surface area contributed by atoms with E-state index in [2.05, 4.69) is 69.8 Å². The van der Waals surface area contributed by atoms with Gasteiger partial charge in [0.05, 0.1) is 12.2 Å². The van der Waals surface area contributed by atoms with E-state index in [0.29, 0.717) is 10.8 Å². The number of carbonyl (C=O) groups is 1. The first-order valence-corrected chi connectivity index (χ1v) is 13.6. The van der Waals surface area contributed by atoms with Crippen molar-refractivity contribution in [3.8, 4) is 5.75 Å². The highest BCUT2D eigenvalue weighted by molar-refractivity contribution is 6.30. The maximum absolute atomic E-state index is 11.4. The summed E-state index contributed by atoms with van der Waals surface area (Å²) < 4.78 is 13.0. The third-order valence-electron chi connectivity index (χ3n) is 7.53. The molecule has 1 aliphatic rings. The van der Waals surface area contributed by atoms with Crippen molar-refractivity contribution in [1.82, 2.24) is 0 Å². The van der Waals surface area contributed by atoms with Gasteiger partial charge in [-0.2, -0.15) is 0 Å². The Kier molecular flexibility index (Phi) is 8.96. The number of halogens is 1. The van der Waals surface area contributed by atoms with Crippen molar-refractivity contribution in [2.45, 2.75) is 64.6 Å². The van der Waals surface area contributed by atoms with Gasteiger partial charge < -0.3 is 14.6 Å². The van der Waals surface area contributed by atoms with E-state index in [4.69, 9.17) is 21.1 Å². The number of aliphatic carboxylic acids is 1. The number of ether oxygens (including phenoxy) is 2. The Balaban J connectivity index is 1.80. The SMILES string of the molecule is C=C(C)[C@@H]1C[C@@H](c2ccc(Cl)cc2)[C@@H](Cc2ccccc2)O[C@H]1c1c(C)cc(C(C)C)cc1OCC(=O)O. The van der Waals surface area contributed by atoms with Gasteiger partial charge in [-0.1, -0.05) is 86.1 Å². The second kappa shape index (κ2) is 12.2. The largest absolute Gasteiger partial charge is 0.482 e. The average Bonchev–Trinajstić information content (AvgIpc) is 2.88. The zero-order chi connectivity index (χ0) is 27.4. The number of rotatable bonds is 9. The van der Waals surface area contributed by atoms with Gasteiger partial charge in [-0.15, -0.1) is 0 Å². The van der Waals surface area contributed by atoms with E-state index in [-0.39, 0.29) is 30.0 Å². The summed E-state index contributed by atoms with van der Waals surface area (Å²) in [5, 5.41) is 10.1. The Morgan fingerprint density at radius 1 is 1.13 bits per heavy atom. The van der Waals surface area contributed by atoms with Crippen molar-refractivity contribution in [1.29, 1.82) is 0 Å². The fourth-order valence-corrected chi connectivity index (χ4v) is 5.63. The number of hydrogen-bond acceptors (Lipinski definition) is 3. The molecule has 200 valence electrons. The van der Waals surface area contributed by atoms with Crippen LogP contribution >= 0.6 is 11.6 Å². The zero-order valence-corrected chi connectivity index (χ0v) is 23.4. The number of carboxylic acids is 1. The molecule has 0 amide bonds. The van der Waals surface area contributed by atoms with E-state index in [1.165, 1.54) is 11.1 Å². The van der Waals surface area contributed by atoms with Crippen molar-refractivity contribution in [3.05, 3.63) is 112 Å². The standard InChI is InChI=1S/C33H37ClO4/c1-20(2)25-15-22(5)32(30(17-25)37-19-31(35)36)33-27(21(3)4)18-28(24-11-13-26(34)14-12-24)29(38-33)16-23-9-7-6-8-10-23/h6-15,17,20,27-29,33H,3,16,18-19H2,1-2,4-5H3,(H,35,36)/t27-,28-,29+,33+/m0/s1. The summed E-state index contributed by atoms with van der Waals surface area (Å²) in [6, 6.07) is 22.6. The molecule has 0 radical (unpaired) electrons. The summed E-state index contributed by atoms with van der Waals surface area (Å²) in [7, 11) is 0. The van der Waals surface area contributed by atoms with Gasteiger partial charge in [0.25, 0.3) is 0 Å². The maximum atomic E-state index is 11.4. The van der Waals surface area contributed by atoms with Crippen LogP contribution in [0.2, 0.25) is 5.02 Å². The van der Waals surface area contributed by atoms with E-state index < -0.39 is 12.6 Å². The molecule has 4 nitrogen and oxygen atoms in total. The van der Waals surface area contributed by atoms with Crippen LogP contribution in [0.5, 0.6) is 5.75 Å². The van der Waals surface area contributed by atoms with Crippen LogP contribution in [0.15, 0.2) is 78.9 Å². The summed E-state index contributed by atoms with van der Waals surface area (Å²) in [6.45, 7) is 12.3. The van der Waals surface area contributed by atoms with Gasteiger partial charge in [0.1, 0.15) is 5.75 Å². The Bertz CT molecular complexity index is 1270.